The van der Waals surface area contributed by atoms with Gasteiger partial charge in [0.25, 0.3) is 0 Å². The van der Waals surface area contributed by atoms with Crippen molar-refractivity contribution in [3.05, 3.63) is 54.6 Å². The third-order valence-corrected chi connectivity index (χ3v) is 5.21. The first-order valence-corrected chi connectivity index (χ1v) is 8.78. The van der Waals surface area contributed by atoms with Gasteiger partial charge < -0.3 is 25.2 Å². The number of benzene rings is 3. The molecule has 6 nitrogen and oxygen atoms in total. The van der Waals surface area contributed by atoms with Crippen LogP contribution < -0.4 is 4.74 Å². The lowest BCUT2D eigenvalue weighted by Gasteiger charge is -2.38. The molecule has 0 aromatic heterocycles. The average molecular weight is 368 g/mol. The Bertz CT molecular complexity index is 1000. The number of hydrogen-bond donors (Lipinski definition) is 4. The van der Waals surface area contributed by atoms with E-state index >= 15 is 0 Å². The molecular weight excluding hydrogens is 348 g/mol. The number of carbonyl (C=O) groups excluding carboxylic acids is 1. The number of fused-ring (bicyclic) bond motifs is 3. The number of hydrogen-bond acceptors (Lipinski definition) is 6. The molecule has 6 heteroatoms. The van der Waals surface area contributed by atoms with Gasteiger partial charge in [0.15, 0.2) is 5.60 Å². The zero-order valence-corrected chi connectivity index (χ0v) is 14.4. The summed E-state index contributed by atoms with van der Waals surface area (Å²) in [5.74, 6) is -0.681. The van der Waals surface area contributed by atoms with E-state index in [9.17, 15) is 25.2 Å². The second-order valence-corrected chi connectivity index (χ2v) is 7.09. The van der Waals surface area contributed by atoms with E-state index in [4.69, 9.17) is 4.74 Å². The number of ether oxygens (including phenoxy) is 1. The van der Waals surface area contributed by atoms with Crippen molar-refractivity contribution in [1.29, 1.82) is 0 Å². The molecule has 1 saturated carbocycles. The molecule has 0 saturated heterocycles. The summed E-state index contributed by atoms with van der Waals surface area (Å²) in [5, 5.41) is 43.5. The minimum Gasteiger partial charge on any atom is -0.424 e. The molecule has 1 fully saturated rings. The van der Waals surface area contributed by atoms with Crippen LogP contribution in [0.5, 0.6) is 5.75 Å². The van der Waals surface area contributed by atoms with Gasteiger partial charge in [-0.1, -0.05) is 42.5 Å². The first-order chi connectivity index (χ1) is 12.9. The van der Waals surface area contributed by atoms with Crippen LogP contribution in [0.15, 0.2) is 54.6 Å². The monoisotopic (exact) mass is 368 g/mol. The molecule has 0 heterocycles. The fourth-order valence-electron chi connectivity index (χ4n) is 3.74. The van der Waals surface area contributed by atoms with Gasteiger partial charge in [0.1, 0.15) is 11.9 Å². The molecule has 4 rings (SSSR count). The van der Waals surface area contributed by atoms with E-state index in [1.165, 1.54) is 0 Å². The zero-order chi connectivity index (χ0) is 19.2. The zero-order valence-electron chi connectivity index (χ0n) is 14.4. The molecule has 3 aromatic carbocycles. The second kappa shape index (κ2) is 6.58. The smallest absolute Gasteiger partial charge is 0.343 e. The molecule has 0 bridgehead atoms. The summed E-state index contributed by atoms with van der Waals surface area (Å²) in [5.41, 5.74) is -2.07. The highest BCUT2D eigenvalue weighted by Crippen LogP contribution is 2.35. The summed E-state index contributed by atoms with van der Waals surface area (Å²) in [4.78, 5) is 12.6. The summed E-state index contributed by atoms with van der Waals surface area (Å²) >= 11 is 0. The van der Waals surface area contributed by atoms with Crippen molar-refractivity contribution in [2.45, 2.75) is 36.8 Å². The molecule has 0 unspecified atom stereocenters. The molecule has 0 amide bonds. The molecule has 140 valence electrons. The largest absolute Gasteiger partial charge is 0.424 e. The topological polar surface area (TPSA) is 107 Å². The fraction of sp³-hybridized carbons (Fsp3) is 0.286. The Hall–Kier alpha value is -2.51. The van der Waals surface area contributed by atoms with E-state index in [1.54, 1.807) is 12.1 Å². The van der Waals surface area contributed by atoms with Gasteiger partial charge in [-0.05, 0) is 28.3 Å². The third-order valence-electron chi connectivity index (χ3n) is 5.21. The van der Waals surface area contributed by atoms with Gasteiger partial charge in [0, 0.05) is 18.2 Å². The first kappa shape index (κ1) is 17.9. The van der Waals surface area contributed by atoms with Crippen LogP contribution in [0.25, 0.3) is 21.5 Å². The second-order valence-electron chi connectivity index (χ2n) is 7.09. The van der Waals surface area contributed by atoms with E-state index in [2.05, 4.69) is 0 Å². The van der Waals surface area contributed by atoms with Crippen molar-refractivity contribution in [2.75, 3.05) is 0 Å². The van der Waals surface area contributed by atoms with Crippen molar-refractivity contribution in [1.82, 2.24) is 0 Å². The molecule has 0 spiro atoms. The lowest BCUT2D eigenvalue weighted by Crippen LogP contribution is -2.57. The van der Waals surface area contributed by atoms with Gasteiger partial charge in [0.2, 0.25) is 0 Å². The minimum absolute atomic E-state index is 0.284. The van der Waals surface area contributed by atoms with Crippen LogP contribution in [0, 0.1) is 0 Å². The number of aliphatic hydroxyl groups excluding tert-OH is 3. The Morgan fingerprint density at radius 2 is 1.52 bits per heavy atom. The number of rotatable bonds is 2. The highest BCUT2D eigenvalue weighted by atomic mass is 16.6. The van der Waals surface area contributed by atoms with E-state index in [-0.39, 0.29) is 5.75 Å². The van der Waals surface area contributed by atoms with Crippen LogP contribution in [-0.2, 0) is 4.79 Å². The molecule has 0 radical (unpaired) electrons. The summed E-state index contributed by atoms with van der Waals surface area (Å²) in [6.07, 6.45) is -5.04. The highest BCUT2D eigenvalue weighted by Gasteiger charge is 2.49. The van der Waals surface area contributed by atoms with Crippen molar-refractivity contribution >= 4 is 27.5 Å². The van der Waals surface area contributed by atoms with Gasteiger partial charge in [-0.25, -0.2) is 4.79 Å². The summed E-state index contributed by atoms with van der Waals surface area (Å²) in [6, 6.07) is 16.9. The Kier molecular flexibility index (Phi) is 4.36. The molecule has 2 atom stereocenters. The van der Waals surface area contributed by atoms with E-state index in [0.717, 1.165) is 16.2 Å². The SMILES string of the molecule is O=C(Oc1cccc2c1ccc1ccccc12)C1(O)C[C@@H](O)C(O)[C@H](O)C1. The lowest BCUT2D eigenvalue weighted by atomic mass is 9.79. The maximum absolute atomic E-state index is 12.6. The van der Waals surface area contributed by atoms with Gasteiger partial charge in [-0.2, -0.15) is 0 Å². The molecule has 3 aromatic rings. The predicted molar refractivity (Wildman–Crippen MR) is 99.3 cm³/mol. The van der Waals surface area contributed by atoms with Crippen molar-refractivity contribution in [3.8, 4) is 5.75 Å². The first-order valence-electron chi connectivity index (χ1n) is 8.78. The van der Waals surface area contributed by atoms with Gasteiger partial charge in [-0.3, -0.25) is 0 Å². The maximum Gasteiger partial charge on any atom is 0.343 e. The standard InChI is InChI=1S/C21H20O6/c22-16-10-21(26,11-17(23)19(16)24)20(25)27-18-7-3-6-14-13-5-2-1-4-12(13)8-9-15(14)18/h1-9,16-17,19,22-24,26H,10-11H2/t16-,17-,19?,21?/m1/s1. The summed E-state index contributed by atoms with van der Waals surface area (Å²) < 4.78 is 5.46. The van der Waals surface area contributed by atoms with Crippen LogP contribution in [0.3, 0.4) is 0 Å². The van der Waals surface area contributed by atoms with E-state index in [0.29, 0.717) is 5.39 Å². The Morgan fingerprint density at radius 1 is 0.852 bits per heavy atom. The highest BCUT2D eigenvalue weighted by molar-refractivity contribution is 6.09. The van der Waals surface area contributed by atoms with E-state index in [1.807, 2.05) is 42.5 Å². The average Bonchev–Trinajstić information content (AvgIpc) is 2.66. The van der Waals surface area contributed by atoms with Gasteiger partial charge in [0.05, 0.1) is 12.2 Å². The van der Waals surface area contributed by atoms with Crippen LogP contribution in [0.4, 0.5) is 0 Å². The maximum atomic E-state index is 12.6. The van der Waals surface area contributed by atoms with Crippen LogP contribution >= 0.6 is 0 Å². The molecule has 27 heavy (non-hydrogen) atoms. The lowest BCUT2D eigenvalue weighted by molar-refractivity contribution is -0.184. The molecular formula is C21H20O6. The van der Waals surface area contributed by atoms with Crippen molar-refractivity contribution in [2.24, 2.45) is 0 Å². The van der Waals surface area contributed by atoms with Crippen LogP contribution in [-0.4, -0.2) is 50.3 Å². The minimum atomic E-state index is -2.07. The number of esters is 1. The normalized spacial score (nSPS) is 28.4. The number of carbonyl (C=O) groups is 1. The molecule has 0 aliphatic heterocycles. The predicted octanol–water partition coefficient (Wildman–Crippen LogP) is 1.51. The fourth-order valence-corrected chi connectivity index (χ4v) is 3.74. The Labute approximate surface area is 155 Å². The summed E-state index contributed by atoms with van der Waals surface area (Å²) in [6.45, 7) is 0. The third kappa shape index (κ3) is 3.07. The number of aliphatic hydroxyl groups is 4. The quantitative estimate of drug-likeness (QED) is 0.310. The van der Waals surface area contributed by atoms with E-state index < -0.39 is 42.7 Å². The van der Waals surface area contributed by atoms with Crippen molar-refractivity contribution < 1.29 is 30.0 Å². The van der Waals surface area contributed by atoms with Crippen molar-refractivity contribution in [3.63, 3.8) is 0 Å². The molecule has 4 N–H and O–H groups in total. The Balaban J connectivity index is 1.69. The Morgan fingerprint density at radius 3 is 2.26 bits per heavy atom. The molecule has 1 aliphatic carbocycles. The van der Waals surface area contributed by atoms with Gasteiger partial charge in [-0.15, -0.1) is 0 Å². The van der Waals surface area contributed by atoms with Crippen LogP contribution in [0.2, 0.25) is 0 Å². The summed E-state index contributed by atoms with van der Waals surface area (Å²) in [7, 11) is 0. The van der Waals surface area contributed by atoms with Gasteiger partial charge >= 0.3 is 5.97 Å². The van der Waals surface area contributed by atoms with Crippen LogP contribution in [0.1, 0.15) is 12.8 Å². The molecule has 1 aliphatic rings.